The first-order chi connectivity index (χ1) is 6.49. The van der Waals surface area contributed by atoms with Crippen molar-refractivity contribution in [1.29, 1.82) is 0 Å². The van der Waals surface area contributed by atoms with Gasteiger partial charge in [0.25, 0.3) is 0 Å². The molecule has 0 saturated carbocycles. The second kappa shape index (κ2) is 4.79. The number of halogens is 2. The molecule has 1 aromatic rings. The van der Waals surface area contributed by atoms with Crippen LogP contribution in [0.3, 0.4) is 0 Å². The van der Waals surface area contributed by atoms with Crippen LogP contribution < -0.4 is 4.84 Å². The van der Waals surface area contributed by atoms with E-state index in [4.69, 9.17) is 9.57 Å². The van der Waals surface area contributed by atoms with Gasteiger partial charge in [-0.25, -0.2) is 4.79 Å². The molecule has 0 aliphatic heterocycles. The van der Waals surface area contributed by atoms with E-state index in [0.29, 0.717) is 9.08 Å². The van der Waals surface area contributed by atoms with Crippen molar-refractivity contribution in [2.75, 3.05) is 0 Å². The molecular weight excluding hydrogens is 320 g/mol. The Kier molecular flexibility index (Phi) is 3.94. The number of nitrogens with zero attached hydrogens (tertiary/aromatic N) is 2. The van der Waals surface area contributed by atoms with Crippen molar-refractivity contribution in [3.8, 4) is 0 Å². The Balaban J connectivity index is 2.56. The van der Waals surface area contributed by atoms with E-state index in [1.165, 1.54) is 6.20 Å². The first-order valence-electron chi connectivity index (χ1n) is 3.78. The molecule has 1 heterocycles. The lowest BCUT2D eigenvalue weighted by atomic mass is 10.5. The van der Waals surface area contributed by atoms with Crippen molar-refractivity contribution >= 4 is 38.0 Å². The third kappa shape index (κ3) is 3.30. The van der Waals surface area contributed by atoms with Gasteiger partial charge in [0, 0.05) is 0 Å². The number of aromatic nitrogens is 2. The Bertz CT molecular complexity index is 318. The maximum atomic E-state index is 11.0. The largest absolute Gasteiger partial charge is 0.535 e. The van der Waals surface area contributed by atoms with Gasteiger partial charge in [0.15, 0.2) is 0 Å². The van der Waals surface area contributed by atoms with Crippen LogP contribution >= 0.6 is 31.9 Å². The molecule has 0 aliphatic rings. The fourth-order valence-corrected chi connectivity index (χ4v) is 1.16. The summed E-state index contributed by atoms with van der Waals surface area (Å²) in [6.45, 7) is 3.46. The smallest absolute Gasteiger partial charge is 0.430 e. The molecule has 0 atom stereocenters. The number of hydrogen-bond acceptors (Lipinski definition) is 4. The van der Waals surface area contributed by atoms with E-state index < -0.39 is 6.16 Å². The third-order valence-electron chi connectivity index (χ3n) is 1.11. The second-order valence-electron chi connectivity index (χ2n) is 2.68. The molecule has 0 unspecified atom stereocenters. The molecule has 0 bridgehead atoms. The summed E-state index contributed by atoms with van der Waals surface area (Å²) >= 11 is 6.34. The van der Waals surface area contributed by atoms with Crippen LogP contribution in [-0.4, -0.2) is 22.2 Å². The number of ether oxygens (including phenoxy) is 1. The van der Waals surface area contributed by atoms with Crippen LogP contribution in [0.15, 0.2) is 15.3 Å². The van der Waals surface area contributed by atoms with Gasteiger partial charge < -0.3 is 4.74 Å². The zero-order valence-electron chi connectivity index (χ0n) is 7.53. The Morgan fingerprint density at radius 1 is 1.57 bits per heavy atom. The predicted octanol–water partition coefficient (Wildman–Crippen LogP) is 2.38. The van der Waals surface area contributed by atoms with E-state index in [-0.39, 0.29) is 6.10 Å². The second-order valence-corrected chi connectivity index (χ2v) is 4.28. The number of hydrogen-bond donors (Lipinski definition) is 0. The normalized spacial score (nSPS) is 10.4. The minimum atomic E-state index is -0.789. The molecule has 5 nitrogen and oxygen atoms in total. The summed E-state index contributed by atoms with van der Waals surface area (Å²) in [5, 5.41) is 3.82. The van der Waals surface area contributed by atoms with Gasteiger partial charge >= 0.3 is 6.16 Å². The van der Waals surface area contributed by atoms with Crippen LogP contribution in [0.2, 0.25) is 0 Å². The first-order valence-corrected chi connectivity index (χ1v) is 5.37. The van der Waals surface area contributed by atoms with Crippen molar-refractivity contribution in [2.45, 2.75) is 20.0 Å². The highest BCUT2D eigenvalue weighted by Crippen LogP contribution is 2.19. The molecule has 0 spiro atoms. The molecule has 0 aromatic carbocycles. The number of carbonyl (C=O) groups excluding carboxylic acids is 1. The molecule has 0 radical (unpaired) electrons. The lowest BCUT2D eigenvalue weighted by Crippen LogP contribution is -2.23. The Hall–Kier alpha value is -0.560. The molecule has 0 aliphatic carbocycles. The van der Waals surface area contributed by atoms with Crippen molar-refractivity contribution in [3.05, 3.63) is 15.3 Å². The molecule has 0 fully saturated rings. The minimum absolute atomic E-state index is 0.218. The Morgan fingerprint density at radius 3 is 2.64 bits per heavy atom. The molecule has 78 valence electrons. The SMILES string of the molecule is CC(C)OC(=O)On1cc(Br)c(Br)n1. The third-order valence-corrected chi connectivity index (χ3v) is 2.81. The summed E-state index contributed by atoms with van der Waals surface area (Å²) in [6, 6.07) is 0. The van der Waals surface area contributed by atoms with Gasteiger partial charge in [-0.1, -0.05) is 4.85 Å². The van der Waals surface area contributed by atoms with Gasteiger partial charge in [-0.2, -0.15) is 0 Å². The standard InChI is InChI=1S/C7H8Br2N2O3/c1-4(2)13-7(12)14-11-3-5(8)6(9)10-11/h3-4H,1-2H3. The van der Waals surface area contributed by atoms with Gasteiger partial charge in [0.2, 0.25) is 0 Å². The van der Waals surface area contributed by atoms with Crippen LogP contribution in [-0.2, 0) is 4.74 Å². The van der Waals surface area contributed by atoms with Gasteiger partial charge in [-0.15, -0.1) is 5.10 Å². The zero-order valence-corrected chi connectivity index (χ0v) is 10.7. The summed E-state index contributed by atoms with van der Waals surface area (Å²) in [7, 11) is 0. The fraction of sp³-hybridized carbons (Fsp3) is 0.429. The van der Waals surface area contributed by atoms with E-state index in [1.807, 2.05) is 0 Å². The van der Waals surface area contributed by atoms with E-state index in [9.17, 15) is 4.79 Å². The monoisotopic (exact) mass is 326 g/mol. The van der Waals surface area contributed by atoms with E-state index in [1.54, 1.807) is 13.8 Å². The lowest BCUT2D eigenvalue weighted by Gasteiger charge is -2.06. The molecular formula is C7H8Br2N2O3. The summed E-state index contributed by atoms with van der Waals surface area (Å²) in [5.41, 5.74) is 0. The summed E-state index contributed by atoms with van der Waals surface area (Å²) in [6.07, 6.45) is 0.485. The average Bonchev–Trinajstić information content (AvgIpc) is 2.28. The topological polar surface area (TPSA) is 53.4 Å². The molecule has 1 rings (SSSR count). The fourth-order valence-electron chi connectivity index (χ4n) is 0.650. The quantitative estimate of drug-likeness (QED) is 0.783. The van der Waals surface area contributed by atoms with Crippen molar-refractivity contribution in [2.24, 2.45) is 0 Å². The maximum absolute atomic E-state index is 11.0. The van der Waals surface area contributed by atoms with Crippen molar-refractivity contribution < 1.29 is 14.4 Å². The predicted molar refractivity (Wildman–Crippen MR) is 55.8 cm³/mol. The van der Waals surface area contributed by atoms with E-state index >= 15 is 0 Å². The van der Waals surface area contributed by atoms with Crippen LogP contribution in [0.1, 0.15) is 13.8 Å². The first kappa shape index (κ1) is 11.5. The Labute approximate surface area is 97.6 Å². The van der Waals surface area contributed by atoms with Crippen LogP contribution in [0, 0.1) is 0 Å². The van der Waals surface area contributed by atoms with Gasteiger partial charge in [0.1, 0.15) is 4.60 Å². The summed E-state index contributed by atoms with van der Waals surface area (Å²) < 4.78 is 5.99. The highest BCUT2D eigenvalue weighted by Gasteiger charge is 2.10. The van der Waals surface area contributed by atoms with E-state index in [0.717, 1.165) is 4.85 Å². The summed E-state index contributed by atoms with van der Waals surface area (Å²) in [4.78, 5) is 16.7. The molecule has 0 N–H and O–H groups in total. The highest BCUT2D eigenvalue weighted by atomic mass is 79.9. The minimum Gasteiger partial charge on any atom is -0.430 e. The van der Waals surface area contributed by atoms with Crippen LogP contribution in [0.4, 0.5) is 4.79 Å². The van der Waals surface area contributed by atoms with Crippen molar-refractivity contribution in [3.63, 3.8) is 0 Å². The average molecular weight is 328 g/mol. The van der Waals surface area contributed by atoms with Crippen LogP contribution in [0.25, 0.3) is 0 Å². The van der Waals surface area contributed by atoms with E-state index in [2.05, 4.69) is 37.0 Å². The number of rotatable bonds is 2. The number of carbonyl (C=O) groups is 1. The van der Waals surface area contributed by atoms with Gasteiger partial charge in [-0.05, 0) is 45.7 Å². The molecule has 14 heavy (non-hydrogen) atoms. The molecule has 0 amide bonds. The molecule has 0 saturated heterocycles. The Morgan fingerprint density at radius 2 is 2.21 bits per heavy atom. The lowest BCUT2D eigenvalue weighted by molar-refractivity contribution is 0.0193. The van der Waals surface area contributed by atoms with Crippen LogP contribution in [0.5, 0.6) is 0 Å². The van der Waals surface area contributed by atoms with Gasteiger partial charge in [0.05, 0.1) is 16.8 Å². The van der Waals surface area contributed by atoms with Crippen molar-refractivity contribution in [1.82, 2.24) is 9.94 Å². The zero-order chi connectivity index (χ0) is 10.7. The van der Waals surface area contributed by atoms with Gasteiger partial charge in [-0.3, -0.25) is 4.84 Å². The molecule has 7 heteroatoms. The highest BCUT2D eigenvalue weighted by molar-refractivity contribution is 9.13. The maximum Gasteiger partial charge on any atom is 0.535 e. The summed E-state index contributed by atoms with van der Waals surface area (Å²) in [5.74, 6) is 0. The molecule has 1 aromatic heterocycles.